The predicted octanol–water partition coefficient (Wildman–Crippen LogP) is 3.22. The average Bonchev–Trinajstić information content (AvgIpc) is 2.34. The van der Waals surface area contributed by atoms with Crippen LogP contribution < -0.4 is 11.1 Å². The van der Waals surface area contributed by atoms with Gasteiger partial charge in [-0.15, -0.1) is 0 Å². The zero-order chi connectivity index (χ0) is 13.1. The van der Waals surface area contributed by atoms with Gasteiger partial charge in [0.2, 0.25) is 0 Å². The second-order valence-electron chi connectivity index (χ2n) is 3.53. The minimum atomic E-state index is -0.353. The maximum Gasteiger partial charge on any atom is 0.258 e. The van der Waals surface area contributed by atoms with E-state index in [4.69, 9.17) is 28.9 Å². The van der Waals surface area contributed by atoms with Gasteiger partial charge in [0.15, 0.2) is 0 Å². The monoisotopic (exact) mass is 281 g/mol. The van der Waals surface area contributed by atoms with Gasteiger partial charge >= 0.3 is 0 Å². The molecule has 3 N–H and O–H groups in total. The number of aromatic nitrogens is 1. The largest absolute Gasteiger partial charge is 0.398 e. The molecule has 0 bridgehead atoms. The number of halogens is 2. The molecule has 0 unspecified atom stereocenters. The third kappa shape index (κ3) is 2.72. The maximum absolute atomic E-state index is 11.9. The quantitative estimate of drug-likeness (QED) is 0.656. The lowest BCUT2D eigenvalue weighted by Crippen LogP contribution is -2.12. The van der Waals surface area contributed by atoms with Crippen LogP contribution in [0.25, 0.3) is 0 Å². The highest BCUT2D eigenvalue weighted by molar-refractivity contribution is 6.34. The molecule has 2 rings (SSSR count). The fourth-order valence-corrected chi connectivity index (χ4v) is 1.74. The second-order valence-corrected chi connectivity index (χ2v) is 4.30. The maximum atomic E-state index is 11.9. The summed E-state index contributed by atoms with van der Waals surface area (Å²) in [7, 11) is 0. The summed E-state index contributed by atoms with van der Waals surface area (Å²) in [5.41, 5.74) is 6.87. The summed E-state index contributed by atoms with van der Waals surface area (Å²) in [5, 5.41) is 3.19. The topological polar surface area (TPSA) is 68.0 Å². The van der Waals surface area contributed by atoms with Gasteiger partial charge in [-0.25, -0.2) is 4.98 Å². The van der Waals surface area contributed by atoms with Crippen molar-refractivity contribution in [2.75, 3.05) is 11.1 Å². The number of carbonyl (C=O) groups is 1. The number of amides is 1. The van der Waals surface area contributed by atoms with E-state index in [1.807, 2.05) is 0 Å². The molecule has 92 valence electrons. The molecule has 6 heteroatoms. The normalized spacial score (nSPS) is 10.1. The SMILES string of the molecule is Nc1ccc(NC(=O)c2cccnc2Cl)cc1Cl. The van der Waals surface area contributed by atoms with Gasteiger partial charge < -0.3 is 11.1 Å². The summed E-state index contributed by atoms with van der Waals surface area (Å²) in [6, 6.07) is 8.06. The molecule has 0 saturated carbocycles. The van der Waals surface area contributed by atoms with Crippen LogP contribution in [0.3, 0.4) is 0 Å². The summed E-state index contributed by atoms with van der Waals surface area (Å²) < 4.78 is 0. The molecular weight excluding hydrogens is 273 g/mol. The van der Waals surface area contributed by atoms with E-state index in [-0.39, 0.29) is 11.1 Å². The van der Waals surface area contributed by atoms with Gasteiger partial charge in [-0.2, -0.15) is 0 Å². The van der Waals surface area contributed by atoms with E-state index < -0.39 is 0 Å². The first-order chi connectivity index (χ1) is 8.58. The molecule has 0 aliphatic carbocycles. The van der Waals surface area contributed by atoms with E-state index in [9.17, 15) is 4.79 Å². The Hall–Kier alpha value is -1.78. The van der Waals surface area contributed by atoms with Crippen molar-refractivity contribution in [1.82, 2.24) is 4.98 Å². The first-order valence-electron chi connectivity index (χ1n) is 5.05. The molecule has 0 saturated heterocycles. The van der Waals surface area contributed by atoms with Crippen molar-refractivity contribution >= 4 is 40.5 Å². The van der Waals surface area contributed by atoms with E-state index in [1.54, 1.807) is 30.3 Å². The number of nitrogens with two attached hydrogens (primary N) is 1. The minimum absolute atomic E-state index is 0.150. The van der Waals surface area contributed by atoms with Crippen LogP contribution >= 0.6 is 23.2 Å². The Morgan fingerprint density at radius 3 is 2.72 bits per heavy atom. The van der Waals surface area contributed by atoms with E-state index in [0.29, 0.717) is 22.0 Å². The highest BCUT2D eigenvalue weighted by Gasteiger charge is 2.11. The molecule has 0 aliphatic heterocycles. The van der Waals surface area contributed by atoms with Crippen LogP contribution in [0.5, 0.6) is 0 Å². The van der Waals surface area contributed by atoms with E-state index in [1.165, 1.54) is 6.20 Å². The van der Waals surface area contributed by atoms with E-state index in [0.717, 1.165) is 0 Å². The Labute approximate surface area is 114 Å². The number of hydrogen-bond acceptors (Lipinski definition) is 3. The molecule has 1 amide bonds. The number of pyridine rings is 1. The predicted molar refractivity (Wildman–Crippen MR) is 73.1 cm³/mol. The molecule has 0 radical (unpaired) electrons. The first-order valence-corrected chi connectivity index (χ1v) is 5.80. The average molecular weight is 282 g/mol. The van der Waals surface area contributed by atoms with Crippen LogP contribution in [-0.4, -0.2) is 10.9 Å². The number of hydrogen-bond donors (Lipinski definition) is 2. The number of nitrogens with one attached hydrogen (secondary N) is 1. The van der Waals surface area contributed by atoms with Gasteiger partial charge in [-0.3, -0.25) is 4.79 Å². The van der Waals surface area contributed by atoms with Crippen LogP contribution in [0.2, 0.25) is 10.2 Å². The molecule has 18 heavy (non-hydrogen) atoms. The van der Waals surface area contributed by atoms with Gasteiger partial charge in [-0.05, 0) is 30.3 Å². The summed E-state index contributed by atoms with van der Waals surface area (Å²) in [4.78, 5) is 15.8. The highest BCUT2D eigenvalue weighted by Crippen LogP contribution is 2.23. The van der Waals surface area contributed by atoms with Crippen molar-refractivity contribution in [3.63, 3.8) is 0 Å². The Bertz CT molecular complexity index is 602. The lowest BCUT2D eigenvalue weighted by Gasteiger charge is -2.07. The van der Waals surface area contributed by atoms with Crippen LogP contribution in [0.1, 0.15) is 10.4 Å². The molecular formula is C12H9Cl2N3O. The fourth-order valence-electron chi connectivity index (χ4n) is 1.36. The number of carbonyl (C=O) groups excluding carboxylic acids is 1. The van der Waals surface area contributed by atoms with Crippen molar-refractivity contribution in [2.45, 2.75) is 0 Å². The summed E-state index contributed by atoms with van der Waals surface area (Å²) in [6.07, 6.45) is 1.51. The van der Waals surface area contributed by atoms with E-state index in [2.05, 4.69) is 10.3 Å². The van der Waals surface area contributed by atoms with Crippen molar-refractivity contribution in [1.29, 1.82) is 0 Å². The van der Waals surface area contributed by atoms with Crippen LogP contribution in [0.15, 0.2) is 36.5 Å². The molecule has 1 aromatic carbocycles. The smallest absolute Gasteiger partial charge is 0.258 e. The minimum Gasteiger partial charge on any atom is -0.398 e. The van der Waals surface area contributed by atoms with Gasteiger partial charge in [-0.1, -0.05) is 23.2 Å². The van der Waals surface area contributed by atoms with E-state index >= 15 is 0 Å². The molecule has 0 aliphatic rings. The third-order valence-electron chi connectivity index (χ3n) is 2.26. The van der Waals surface area contributed by atoms with Gasteiger partial charge in [0.1, 0.15) is 5.15 Å². The molecule has 4 nitrogen and oxygen atoms in total. The summed E-state index contributed by atoms with van der Waals surface area (Å²) in [5.74, 6) is -0.353. The Morgan fingerprint density at radius 2 is 2.06 bits per heavy atom. The van der Waals surface area contributed by atoms with Crippen LogP contribution in [-0.2, 0) is 0 Å². The second kappa shape index (κ2) is 5.25. The van der Waals surface area contributed by atoms with Crippen LogP contribution in [0, 0.1) is 0 Å². The molecule has 2 aromatic rings. The van der Waals surface area contributed by atoms with Gasteiger partial charge in [0, 0.05) is 11.9 Å². The number of rotatable bonds is 2. The number of nitrogen functional groups attached to an aromatic ring is 1. The highest BCUT2D eigenvalue weighted by atomic mass is 35.5. The molecule has 0 spiro atoms. The van der Waals surface area contributed by atoms with Crippen molar-refractivity contribution < 1.29 is 4.79 Å². The van der Waals surface area contributed by atoms with Crippen LogP contribution in [0.4, 0.5) is 11.4 Å². The Balaban J connectivity index is 2.22. The molecule has 1 aromatic heterocycles. The number of anilines is 2. The third-order valence-corrected chi connectivity index (χ3v) is 2.89. The van der Waals surface area contributed by atoms with Crippen molar-refractivity contribution in [3.8, 4) is 0 Å². The molecule has 0 fully saturated rings. The Kier molecular flexibility index (Phi) is 3.69. The lowest BCUT2D eigenvalue weighted by atomic mass is 10.2. The van der Waals surface area contributed by atoms with Crippen molar-refractivity contribution in [3.05, 3.63) is 52.3 Å². The van der Waals surface area contributed by atoms with Gasteiger partial charge in [0.25, 0.3) is 5.91 Å². The molecule has 0 atom stereocenters. The fraction of sp³-hybridized carbons (Fsp3) is 0. The standard InChI is InChI=1S/C12H9Cl2N3O/c13-9-6-7(3-4-10(9)15)17-12(18)8-2-1-5-16-11(8)14/h1-6H,15H2,(H,17,18). The summed E-state index contributed by atoms with van der Waals surface area (Å²) in [6.45, 7) is 0. The zero-order valence-electron chi connectivity index (χ0n) is 9.15. The lowest BCUT2D eigenvalue weighted by molar-refractivity contribution is 0.102. The Morgan fingerprint density at radius 1 is 1.28 bits per heavy atom. The van der Waals surface area contributed by atoms with Crippen molar-refractivity contribution in [2.24, 2.45) is 0 Å². The first kappa shape index (κ1) is 12.7. The number of nitrogens with zero attached hydrogens (tertiary/aromatic N) is 1. The molecule has 1 heterocycles. The van der Waals surface area contributed by atoms with Gasteiger partial charge in [0.05, 0.1) is 16.3 Å². The summed E-state index contributed by atoms with van der Waals surface area (Å²) >= 11 is 11.7. The number of benzene rings is 1. The zero-order valence-corrected chi connectivity index (χ0v) is 10.7.